The fourth-order valence-electron chi connectivity index (χ4n) is 1.23. The number of hydrogen-bond donors (Lipinski definition) is 2. The lowest BCUT2D eigenvalue weighted by Gasteiger charge is -2.12. The number of nitrogens with two attached hydrogens (primary N) is 1. The zero-order valence-corrected chi connectivity index (χ0v) is 8.66. The highest BCUT2D eigenvalue weighted by molar-refractivity contribution is 5.93. The Morgan fingerprint density at radius 1 is 1.67 bits per heavy atom. The highest BCUT2D eigenvalue weighted by Crippen LogP contribution is 2.12. The molecule has 0 heterocycles. The van der Waals surface area contributed by atoms with Crippen molar-refractivity contribution in [3.05, 3.63) is 29.8 Å². The van der Waals surface area contributed by atoms with Crippen LogP contribution in [0.4, 0.5) is 5.69 Å². The fraction of sp³-hybridized carbons (Fsp3) is 0.250. The van der Waals surface area contributed by atoms with Crippen molar-refractivity contribution in [2.24, 2.45) is 5.73 Å². The monoisotopic (exact) mass is 202 g/mol. The predicted molar refractivity (Wildman–Crippen MR) is 61.5 cm³/mol. The summed E-state index contributed by atoms with van der Waals surface area (Å²) in [5, 5.41) is 3.13. The number of carbonyl (C=O) groups excluding carboxylic acids is 1. The molecule has 0 radical (unpaired) electrons. The molecule has 3 N–H and O–H groups in total. The zero-order valence-electron chi connectivity index (χ0n) is 8.66. The van der Waals surface area contributed by atoms with Crippen LogP contribution in [-0.2, 0) is 0 Å². The van der Waals surface area contributed by atoms with Crippen LogP contribution in [0.1, 0.15) is 23.7 Å². The molecule has 3 nitrogen and oxygen atoms in total. The lowest BCUT2D eigenvalue weighted by Crippen LogP contribution is -2.16. The molecule has 0 fully saturated rings. The number of primary amides is 1. The van der Waals surface area contributed by atoms with Crippen LogP contribution in [0.5, 0.6) is 0 Å². The van der Waals surface area contributed by atoms with Crippen molar-refractivity contribution in [3.8, 4) is 12.3 Å². The van der Waals surface area contributed by atoms with Gasteiger partial charge in [-0.15, -0.1) is 6.42 Å². The van der Waals surface area contributed by atoms with E-state index >= 15 is 0 Å². The Hall–Kier alpha value is -1.95. The van der Waals surface area contributed by atoms with Gasteiger partial charge in [-0.1, -0.05) is 18.9 Å². The standard InChI is InChI=1S/C12H14N2O/c1-3-10(4-2)14-11-7-5-6-9(8-11)12(13)15/h1,5-8,10,14H,4H2,2H3,(H2,13,15). The third-order valence-electron chi connectivity index (χ3n) is 2.10. The zero-order chi connectivity index (χ0) is 11.3. The summed E-state index contributed by atoms with van der Waals surface area (Å²) in [6.07, 6.45) is 6.16. The van der Waals surface area contributed by atoms with E-state index in [4.69, 9.17) is 12.2 Å². The molecule has 3 heteroatoms. The number of terminal acetylenes is 1. The normalized spacial score (nSPS) is 11.5. The molecule has 1 rings (SSSR count). The van der Waals surface area contributed by atoms with Gasteiger partial charge in [0.15, 0.2) is 0 Å². The molecule has 78 valence electrons. The molecular formula is C12H14N2O. The summed E-state index contributed by atoms with van der Waals surface area (Å²) in [5.41, 5.74) is 6.47. The predicted octanol–water partition coefficient (Wildman–Crippen LogP) is 1.61. The Labute approximate surface area is 89.7 Å². The number of benzene rings is 1. The van der Waals surface area contributed by atoms with Gasteiger partial charge >= 0.3 is 0 Å². The minimum absolute atomic E-state index is 0.0203. The molecule has 0 saturated carbocycles. The largest absolute Gasteiger partial charge is 0.372 e. The van der Waals surface area contributed by atoms with Crippen LogP contribution < -0.4 is 11.1 Å². The van der Waals surface area contributed by atoms with Crippen LogP contribution in [-0.4, -0.2) is 11.9 Å². The third kappa shape index (κ3) is 3.03. The highest BCUT2D eigenvalue weighted by Gasteiger charge is 2.04. The summed E-state index contributed by atoms with van der Waals surface area (Å²) < 4.78 is 0. The van der Waals surface area contributed by atoms with Gasteiger partial charge in [0.2, 0.25) is 5.91 Å². The van der Waals surface area contributed by atoms with Crippen molar-refractivity contribution in [2.75, 3.05) is 5.32 Å². The van der Waals surface area contributed by atoms with E-state index in [0.717, 1.165) is 12.1 Å². The van der Waals surface area contributed by atoms with E-state index in [1.807, 2.05) is 13.0 Å². The summed E-state index contributed by atoms with van der Waals surface area (Å²) in [4.78, 5) is 10.9. The molecule has 0 saturated heterocycles. The van der Waals surface area contributed by atoms with E-state index in [-0.39, 0.29) is 6.04 Å². The Morgan fingerprint density at radius 2 is 2.40 bits per heavy atom. The van der Waals surface area contributed by atoms with E-state index in [1.54, 1.807) is 18.2 Å². The molecule has 1 aromatic carbocycles. The lowest BCUT2D eigenvalue weighted by atomic mass is 10.1. The van der Waals surface area contributed by atoms with Crippen molar-refractivity contribution in [2.45, 2.75) is 19.4 Å². The van der Waals surface area contributed by atoms with Crippen molar-refractivity contribution in [1.82, 2.24) is 0 Å². The van der Waals surface area contributed by atoms with Crippen LogP contribution in [0.3, 0.4) is 0 Å². The molecule has 0 aliphatic heterocycles. The maximum Gasteiger partial charge on any atom is 0.248 e. The van der Waals surface area contributed by atoms with Gasteiger partial charge in [0.25, 0.3) is 0 Å². The summed E-state index contributed by atoms with van der Waals surface area (Å²) in [6, 6.07) is 6.97. The molecule has 0 spiro atoms. The minimum Gasteiger partial charge on any atom is -0.372 e. The van der Waals surface area contributed by atoms with Gasteiger partial charge in [0.1, 0.15) is 0 Å². The molecule has 1 atom stereocenters. The SMILES string of the molecule is C#CC(CC)Nc1cccc(C(N)=O)c1. The Kier molecular flexibility index (Phi) is 3.75. The number of hydrogen-bond acceptors (Lipinski definition) is 2. The van der Waals surface area contributed by atoms with Crippen LogP contribution >= 0.6 is 0 Å². The first-order valence-corrected chi connectivity index (χ1v) is 4.80. The van der Waals surface area contributed by atoms with Gasteiger partial charge in [-0.25, -0.2) is 0 Å². The highest BCUT2D eigenvalue weighted by atomic mass is 16.1. The first kappa shape index (κ1) is 11.1. The first-order chi connectivity index (χ1) is 7.17. The topological polar surface area (TPSA) is 55.1 Å². The summed E-state index contributed by atoms with van der Waals surface area (Å²) in [5.74, 6) is 2.18. The summed E-state index contributed by atoms with van der Waals surface area (Å²) in [6.45, 7) is 2.00. The molecular weight excluding hydrogens is 188 g/mol. The van der Waals surface area contributed by atoms with Crippen LogP contribution in [0.15, 0.2) is 24.3 Å². The molecule has 1 amide bonds. The van der Waals surface area contributed by atoms with Gasteiger partial charge in [-0.3, -0.25) is 4.79 Å². The van der Waals surface area contributed by atoms with E-state index in [0.29, 0.717) is 5.56 Å². The van der Waals surface area contributed by atoms with E-state index in [2.05, 4.69) is 11.2 Å². The van der Waals surface area contributed by atoms with Gasteiger partial charge in [-0.2, -0.15) is 0 Å². The Morgan fingerprint density at radius 3 is 2.93 bits per heavy atom. The number of amides is 1. The molecule has 0 aliphatic rings. The first-order valence-electron chi connectivity index (χ1n) is 4.80. The Bertz CT molecular complexity index is 393. The van der Waals surface area contributed by atoms with E-state index in [1.165, 1.54) is 0 Å². The summed E-state index contributed by atoms with van der Waals surface area (Å²) >= 11 is 0. The Balaban J connectivity index is 2.83. The van der Waals surface area contributed by atoms with Crippen molar-refractivity contribution in [1.29, 1.82) is 0 Å². The second-order valence-corrected chi connectivity index (χ2v) is 3.22. The minimum atomic E-state index is -0.438. The average molecular weight is 202 g/mol. The van der Waals surface area contributed by atoms with Crippen LogP contribution in [0.25, 0.3) is 0 Å². The van der Waals surface area contributed by atoms with Crippen molar-refractivity contribution in [3.63, 3.8) is 0 Å². The van der Waals surface area contributed by atoms with Crippen LogP contribution in [0, 0.1) is 12.3 Å². The van der Waals surface area contributed by atoms with E-state index in [9.17, 15) is 4.79 Å². The van der Waals surface area contributed by atoms with Gasteiger partial charge in [-0.05, 0) is 24.6 Å². The second kappa shape index (κ2) is 5.06. The van der Waals surface area contributed by atoms with Crippen molar-refractivity contribution >= 4 is 11.6 Å². The summed E-state index contributed by atoms with van der Waals surface area (Å²) in [7, 11) is 0. The molecule has 0 aromatic heterocycles. The number of rotatable bonds is 4. The molecule has 0 bridgehead atoms. The molecule has 1 unspecified atom stereocenters. The molecule has 15 heavy (non-hydrogen) atoms. The number of nitrogens with one attached hydrogen (secondary N) is 1. The smallest absolute Gasteiger partial charge is 0.248 e. The fourth-order valence-corrected chi connectivity index (χ4v) is 1.23. The van der Waals surface area contributed by atoms with Gasteiger partial charge in [0, 0.05) is 11.3 Å². The van der Waals surface area contributed by atoms with Crippen molar-refractivity contribution < 1.29 is 4.79 Å². The quantitative estimate of drug-likeness (QED) is 0.729. The van der Waals surface area contributed by atoms with Crippen LogP contribution in [0.2, 0.25) is 0 Å². The van der Waals surface area contributed by atoms with E-state index < -0.39 is 5.91 Å². The maximum atomic E-state index is 10.9. The second-order valence-electron chi connectivity index (χ2n) is 3.22. The maximum absolute atomic E-state index is 10.9. The lowest BCUT2D eigenvalue weighted by molar-refractivity contribution is 0.100. The third-order valence-corrected chi connectivity index (χ3v) is 2.10. The molecule has 0 aliphatic carbocycles. The number of carbonyl (C=O) groups is 1. The number of anilines is 1. The average Bonchev–Trinajstić information content (AvgIpc) is 2.26. The molecule has 1 aromatic rings. The van der Waals surface area contributed by atoms with Gasteiger partial charge < -0.3 is 11.1 Å². The van der Waals surface area contributed by atoms with Gasteiger partial charge in [0.05, 0.1) is 6.04 Å².